The fourth-order valence-corrected chi connectivity index (χ4v) is 3.45. The zero-order valence-electron chi connectivity index (χ0n) is 15.9. The lowest BCUT2D eigenvalue weighted by Crippen LogP contribution is -2.26. The van der Waals surface area contributed by atoms with Gasteiger partial charge in [-0.1, -0.05) is 32.0 Å². The highest BCUT2D eigenvalue weighted by Crippen LogP contribution is 2.14. The Morgan fingerprint density at radius 1 is 1.11 bits per heavy atom. The van der Waals surface area contributed by atoms with Crippen molar-refractivity contribution in [3.63, 3.8) is 0 Å². The molecule has 0 unspecified atom stereocenters. The number of amides is 1. The summed E-state index contributed by atoms with van der Waals surface area (Å²) in [4.78, 5) is 12.3. The number of hydrogen-bond donors (Lipinski definition) is 2. The van der Waals surface area contributed by atoms with Gasteiger partial charge in [-0.05, 0) is 48.2 Å². The molecule has 0 spiro atoms. The maximum Gasteiger partial charge on any atom is 0.251 e. The predicted octanol–water partition coefficient (Wildman–Crippen LogP) is 2.95. The molecule has 0 saturated carbocycles. The number of hydrogen-bond acceptors (Lipinski definition) is 4. The van der Waals surface area contributed by atoms with Crippen molar-refractivity contribution in [1.82, 2.24) is 10.0 Å². The Morgan fingerprint density at radius 2 is 1.81 bits per heavy atom. The maximum absolute atomic E-state index is 12.5. The van der Waals surface area contributed by atoms with Crippen molar-refractivity contribution < 1.29 is 17.9 Å². The highest BCUT2D eigenvalue weighted by Gasteiger charge is 2.16. The van der Waals surface area contributed by atoms with Gasteiger partial charge >= 0.3 is 0 Å². The van der Waals surface area contributed by atoms with Gasteiger partial charge in [-0.3, -0.25) is 4.79 Å². The van der Waals surface area contributed by atoms with Crippen LogP contribution in [0, 0.1) is 5.92 Å². The minimum absolute atomic E-state index is 0.0625. The van der Waals surface area contributed by atoms with Gasteiger partial charge in [-0.15, -0.1) is 0 Å². The Labute approximate surface area is 161 Å². The normalized spacial score (nSPS) is 11.4. The van der Waals surface area contributed by atoms with E-state index in [0.717, 1.165) is 12.0 Å². The first kappa shape index (κ1) is 20.9. The quantitative estimate of drug-likeness (QED) is 0.689. The van der Waals surface area contributed by atoms with Gasteiger partial charge in [0.25, 0.3) is 5.91 Å². The Kier molecular flexibility index (Phi) is 7.38. The molecule has 0 aromatic heterocycles. The van der Waals surface area contributed by atoms with Gasteiger partial charge in [-0.25, -0.2) is 13.1 Å². The summed E-state index contributed by atoms with van der Waals surface area (Å²) in [5.74, 6) is 0.916. The lowest BCUT2D eigenvalue weighted by atomic mass is 10.1. The summed E-state index contributed by atoms with van der Waals surface area (Å²) in [5, 5.41) is 2.81. The number of nitrogens with one attached hydrogen (secondary N) is 2. The summed E-state index contributed by atoms with van der Waals surface area (Å²) in [6.45, 7) is 4.86. The summed E-state index contributed by atoms with van der Waals surface area (Å²) in [6.07, 6.45) is 0.868. The number of rotatable bonds is 9. The molecule has 1 amide bonds. The highest BCUT2D eigenvalue weighted by molar-refractivity contribution is 7.89. The molecule has 0 aliphatic carbocycles. The number of carbonyl (C=O) groups excluding carboxylic acids is 1. The van der Waals surface area contributed by atoms with Crippen LogP contribution in [0.3, 0.4) is 0 Å². The second-order valence-electron chi connectivity index (χ2n) is 6.64. The first-order valence-corrected chi connectivity index (χ1v) is 10.3. The molecule has 0 fully saturated rings. The molecule has 146 valence electrons. The number of methoxy groups -OCH3 is 1. The zero-order valence-corrected chi connectivity index (χ0v) is 16.7. The third-order valence-electron chi connectivity index (χ3n) is 4.04. The van der Waals surface area contributed by atoms with Crippen molar-refractivity contribution in [2.24, 2.45) is 5.92 Å². The fourth-order valence-electron chi connectivity index (χ4n) is 2.39. The van der Waals surface area contributed by atoms with Crippen molar-refractivity contribution in [2.45, 2.75) is 31.7 Å². The lowest BCUT2D eigenvalue weighted by Gasteiger charge is -2.10. The minimum Gasteiger partial charge on any atom is -0.497 e. The predicted molar refractivity (Wildman–Crippen MR) is 105 cm³/mol. The Balaban J connectivity index is 2.03. The van der Waals surface area contributed by atoms with E-state index < -0.39 is 10.0 Å². The monoisotopic (exact) mass is 390 g/mol. The second kappa shape index (κ2) is 9.53. The molecule has 2 N–H and O–H groups in total. The van der Waals surface area contributed by atoms with Crippen LogP contribution < -0.4 is 14.8 Å². The minimum atomic E-state index is -3.73. The van der Waals surface area contributed by atoms with E-state index in [0.29, 0.717) is 23.8 Å². The van der Waals surface area contributed by atoms with Crippen LogP contribution in [0.1, 0.15) is 36.2 Å². The van der Waals surface area contributed by atoms with Crippen molar-refractivity contribution in [3.05, 3.63) is 59.7 Å². The molecule has 0 saturated heterocycles. The molecule has 7 heteroatoms. The average molecular weight is 391 g/mol. The van der Waals surface area contributed by atoms with E-state index in [-0.39, 0.29) is 17.3 Å². The van der Waals surface area contributed by atoms with Crippen LogP contribution >= 0.6 is 0 Å². The summed E-state index contributed by atoms with van der Waals surface area (Å²) in [5.41, 5.74) is 1.13. The van der Waals surface area contributed by atoms with E-state index in [1.165, 1.54) is 12.1 Å². The van der Waals surface area contributed by atoms with Gasteiger partial charge in [0.15, 0.2) is 0 Å². The number of benzene rings is 2. The molecule has 2 aromatic carbocycles. The van der Waals surface area contributed by atoms with Crippen LogP contribution in [0.25, 0.3) is 0 Å². The first-order chi connectivity index (χ1) is 12.8. The second-order valence-corrected chi connectivity index (χ2v) is 8.41. The number of carbonyl (C=O) groups is 1. The van der Waals surface area contributed by atoms with Crippen LogP contribution in [0.5, 0.6) is 5.75 Å². The SMILES string of the molecule is COc1ccc(CNS(=O)(=O)c2cccc(C(=O)NCCC(C)C)c2)cc1. The van der Waals surface area contributed by atoms with Crippen LogP contribution in [-0.2, 0) is 16.6 Å². The number of ether oxygens (including phenoxy) is 1. The van der Waals surface area contributed by atoms with Crippen LogP contribution in [-0.4, -0.2) is 28.0 Å². The molecule has 0 atom stereocenters. The van der Waals surface area contributed by atoms with Crippen molar-refractivity contribution in [3.8, 4) is 5.75 Å². The maximum atomic E-state index is 12.5. The van der Waals surface area contributed by atoms with Gasteiger partial charge < -0.3 is 10.1 Å². The molecular weight excluding hydrogens is 364 g/mol. The van der Waals surface area contributed by atoms with E-state index >= 15 is 0 Å². The molecule has 0 radical (unpaired) electrons. The number of sulfonamides is 1. The van der Waals surface area contributed by atoms with E-state index in [1.54, 1.807) is 43.5 Å². The third-order valence-corrected chi connectivity index (χ3v) is 5.44. The van der Waals surface area contributed by atoms with E-state index in [4.69, 9.17) is 4.74 Å². The van der Waals surface area contributed by atoms with E-state index in [2.05, 4.69) is 23.9 Å². The first-order valence-electron chi connectivity index (χ1n) is 8.82. The van der Waals surface area contributed by atoms with Crippen LogP contribution in [0.2, 0.25) is 0 Å². The van der Waals surface area contributed by atoms with Crippen molar-refractivity contribution >= 4 is 15.9 Å². The summed E-state index contributed by atoms with van der Waals surface area (Å²) < 4.78 is 32.7. The molecular formula is C20H26N2O4S. The molecule has 6 nitrogen and oxygen atoms in total. The molecule has 0 aliphatic heterocycles. The zero-order chi connectivity index (χ0) is 19.9. The molecule has 0 aliphatic rings. The molecule has 0 bridgehead atoms. The Hall–Kier alpha value is -2.38. The van der Waals surface area contributed by atoms with Crippen molar-refractivity contribution in [1.29, 1.82) is 0 Å². The smallest absolute Gasteiger partial charge is 0.251 e. The van der Waals surface area contributed by atoms with Crippen LogP contribution in [0.15, 0.2) is 53.4 Å². The average Bonchev–Trinajstić information content (AvgIpc) is 2.66. The van der Waals surface area contributed by atoms with E-state index in [1.807, 2.05) is 0 Å². The molecule has 0 heterocycles. The summed E-state index contributed by atoms with van der Waals surface area (Å²) >= 11 is 0. The van der Waals surface area contributed by atoms with Crippen molar-refractivity contribution in [2.75, 3.05) is 13.7 Å². The molecule has 2 aromatic rings. The largest absolute Gasteiger partial charge is 0.497 e. The van der Waals surface area contributed by atoms with Gasteiger partial charge in [0.2, 0.25) is 10.0 Å². The summed E-state index contributed by atoms with van der Waals surface area (Å²) in [6, 6.07) is 13.2. The summed E-state index contributed by atoms with van der Waals surface area (Å²) in [7, 11) is -2.15. The van der Waals surface area contributed by atoms with Gasteiger partial charge in [0, 0.05) is 18.7 Å². The standard InChI is InChI=1S/C20H26N2O4S/c1-15(2)11-12-21-20(23)17-5-4-6-19(13-17)27(24,25)22-14-16-7-9-18(26-3)10-8-16/h4-10,13,15,22H,11-12,14H2,1-3H3,(H,21,23). The highest BCUT2D eigenvalue weighted by atomic mass is 32.2. The lowest BCUT2D eigenvalue weighted by molar-refractivity contribution is 0.0952. The van der Waals surface area contributed by atoms with Gasteiger partial charge in [-0.2, -0.15) is 0 Å². The Bertz CT molecular complexity index is 862. The van der Waals surface area contributed by atoms with Crippen LogP contribution in [0.4, 0.5) is 0 Å². The van der Waals surface area contributed by atoms with E-state index in [9.17, 15) is 13.2 Å². The van der Waals surface area contributed by atoms with Gasteiger partial charge in [0.05, 0.1) is 12.0 Å². The Morgan fingerprint density at radius 3 is 2.44 bits per heavy atom. The van der Waals surface area contributed by atoms with Gasteiger partial charge in [0.1, 0.15) is 5.75 Å². The topological polar surface area (TPSA) is 84.5 Å². The molecule has 27 heavy (non-hydrogen) atoms. The third kappa shape index (κ3) is 6.37. The fraction of sp³-hybridized carbons (Fsp3) is 0.350. The molecule has 2 rings (SSSR count).